The van der Waals surface area contributed by atoms with Gasteiger partial charge < -0.3 is 14.7 Å². The summed E-state index contributed by atoms with van der Waals surface area (Å²) in [7, 11) is 0. The highest BCUT2D eigenvalue weighted by Crippen LogP contribution is 2.60. The largest absolute Gasteiger partial charge is 0.310 e. The van der Waals surface area contributed by atoms with Gasteiger partial charge in [-0.1, -0.05) is 166 Å². The maximum absolute atomic E-state index is 2.56. The van der Waals surface area contributed by atoms with Crippen LogP contribution in [0.2, 0.25) is 0 Å². The number of benzene rings is 11. The zero-order chi connectivity index (χ0) is 61.6. The predicted molar refractivity (Wildman–Crippen MR) is 374 cm³/mol. The van der Waals surface area contributed by atoms with Crippen LogP contribution in [0.25, 0.3) is 22.3 Å². The van der Waals surface area contributed by atoms with Gasteiger partial charge in [-0.2, -0.15) is 0 Å². The van der Waals surface area contributed by atoms with Crippen molar-refractivity contribution in [3.05, 3.63) is 311 Å². The Bertz CT molecular complexity index is 4400. The van der Waals surface area contributed by atoms with Gasteiger partial charge in [0.2, 0.25) is 0 Å². The molecule has 0 amide bonds. The standard InChI is InChI=1S/C85H81N3/c1-50-29-36-66(37-30-50)88-79-28-22-21-27-75(79)85(78-47-51(2)31-46-80(78)88,62-32-38-64(39-33-62)86(81-58(9)54(5)52(3)55(6)59(81)10)67-42-44-71-69-23-17-19-25-73(69)83(13,14)76(71)48-67)63-34-40-65(41-35-63)87(82-60(11)56(7)53(4)57(8)61(82)12)68-43-45-72-70-24-18-20-26-74(70)84(15,16)77(72)49-68/h17-49H,1-16H3. The van der Waals surface area contributed by atoms with Crippen LogP contribution in [0.3, 0.4) is 0 Å². The number of hydrogen-bond acceptors (Lipinski definition) is 3. The highest BCUT2D eigenvalue weighted by molar-refractivity contribution is 5.93. The highest BCUT2D eigenvalue weighted by Gasteiger charge is 2.47. The molecule has 2 aliphatic carbocycles. The van der Waals surface area contributed by atoms with E-state index in [1.54, 1.807) is 0 Å². The van der Waals surface area contributed by atoms with Crippen molar-refractivity contribution in [2.45, 2.75) is 127 Å². The summed E-state index contributed by atoms with van der Waals surface area (Å²) in [5, 5.41) is 0. The van der Waals surface area contributed by atoms with Crippen LogP contribution >= 0.6 is 0 Å². The first-order valence-corrected chi connectivity index (χ1v) is 31.7. The second kappa shape index (κ2) is 20.5. The van der Waals surface area contributed by atoms with Crippen molar-refractivity contribution in [2.24, 2.45) is 0 Å². The van der Waals surface area contributed by atoms with Gasteiger partial charge in [-0.25, -0.2) is 0 Å². The van der Waals surface area contributed by atoms with Crippen molar-refractivity contribution in [1.82, 2.24) is 0 Å². The fraction of sp³-hybridized carbons (Fsp3) is 0.224. The molecule has 0 saturated carbocycles. The monoisotopic (exact) mass is 1140 g/mol. The minimum atomic E-state index is -0.760. The molecule has 3 nitrogen and oxygen atoms in total. The summed E-state index contributed by atoms with van der Waals surface area (Å²) in [4.78, 5) is 7.62. The van der Waals surface area contributed by atoms with Gasteiger partial charge in [-0.15, -0.1) is 0 Å². The number of hydrogen-bond donors (Lipinski definition) is 0. The lowest BCUT2D eigenvalue weighted by Gasteiger charge is -2.47. The molecule has 14 rings (SSSR count). The van der Waals surface area contributed by atoms with E-state index in [0.29, 0.717) is 0 Å². The lowest BCUT2D eigenvalue weighted by molar-refractivity contribution is 0.660. The fourth-order valence-corrected chi connectivity index (χ4v) is 16.0. The van der Waals surface area contributed by atoms with Crippen molar-refractivity contribution in [2.75, 3.05) is 14.7 Å². The molecule has 0 saturated heterocycles. The molecule has 3 heteroatoms. The van der Waals surface area contributed by atoms with Gasteiger partial charge >= 0.3 is 0 Å². The van der Waals surface area contributed by atoms with Crippen molar-refractivity contribution in [1.29, 1.82) is 0 Å². The van der Waals surface area contributed by atoms with E-state index in [0.717, 1.165) is 34.1 Å². The third kappa shape index (κ3) is 8.15. The van der Waals surface area contributed by atoms with Gasteiger partial charge in [0.15, 0.2) is 0 Å². The second-order valence-corrected chi connectivity index (χ2v) is 27.0. The van der Waals surface area contributed by atoms with Crippen LogP contribution in [0.1, 0.15) is 139 Å². The molecular weight excluding hydrogens is 1060 g/mol. The van der Waals surface area contributed by atoms with Gasteiger partial charge in [-0.3, -0.25) is 0 Å². The number of anilines is 9. The minimum Gasteiger partial charge on any atom is -0.310 e. The normalized spacial score (nSPS) is 14.4. The molecule has 3 aliphatic rings. The Hall–Kier alpha value is -9.18. The Morgan fingerprint density at radius 2 is 0.625 bits per heavy atom. The Morgan fingerprint density at radius 3 is 1.07 bits per heavy atom. The maximum Gasteiger partial charge on any atom is 0.0742 e. The van der Waals surface area contributed by atoms with Crippen LogP contribution in [-0.4, -0.2) is 0 Å². The van der Waals surface area contributed by atoms with E-state index in [1.807, 2.05) is 0 Å². The topological polar surface area (TPSA) is 9.72 Å². The summed E-state index contributed by atoms with van der Waals surface area (Å²) in [6.07, 6.45) is 0. The van der Waals surface area contributed by atoms with Gasteiger partial charge in [0.25, 0.3) is 0 Å². The second-order valence-electron chi connectivity index (χ2n) is 27.0. The lowest BCUT2D eigenvalue weighted by atomic mass is 9.62. The van der Waals surface area contributed by atoms with Crippen LogP contribution in [0.4, 0.5) is 51.2 Å². The van der Waals surface area contributed by atoms with E-state index >= 15 is 0 Å². The molecule has 0 spiro atoms. The molecule has 0 fully saturated rings. The van der Waals surface area contributed by atoms with Crippen LogP contribution in [-0.2, 0) is 16.2 Å². The summed E-state index contributed by atoms with van der Waals surface area (Å²) in [5.41, 5.74) is 40.8. The Kier molecular flexibility index (Phi) is 13.2. The van der Waals surface area contributed by atoms with Gasteiger partial charge in [0.05, 0.1) is 28.2 Å². The first-order valence-electron chi connectivity index (χ1n) is 31.7. The molecular formula is C85H81N3. The van der Waals surface area contributed by atoms with Crippen molar-refractivity contribution in [3.8, 4) is 22.3 Å². The summed E-state index contributed by atoms with van der Waals surface area (Å²) in [6, 6.07) is 77.2. The average Bonchev–Trinajstić information content (AvgIpc) is 0.940. The molecule has 0 radical (unpaired) electrons. The molecule has 1 heterocycles. The van der Waals surface area contributed by atoms with Gasteiger partial charge in [0, 0.05) is 39.3 Å². The third-order valence-electron chi connectivity index (χ3n) is 21.8. The molecule has 88 heavy (non-hydrogen) atoms. The number of fused-ring (bicyclic) bond motifs is 8. The summed E-state index contributed by atoms with van der Waals surface area (Å²) >= 11 is 0. The third-order valence-corrected chi connectivity index (χ3v) is 21.8. The number of nitrogens with zero attached hydrogens (tertiary/aromatic N) is 3. The van der Waals surface area contributed by atoms with E-state index in [4.69, 9.17) is 0 Å². The molecule has 0 bridgehead atoms. The summed E-state index contributed by atoms with van der Waals surface area (Å²) < 4.78 is 0. The molecule has 1 aliphatic heterocycles. The maximum atomic E-state index is 2.56. The van der Waals surface area contributed by atoms with E-state index in [1.165, 1.54) is 151 Å². The van der Waals surface area contributed by atoms with E-state index < -0.39 is 5.41 Å². The van der Waals surface area contributed by atoms with E-state index in [9.17, 15) is 0 Å². The summed E-state index contributed by atoms with van der Waals surface area (Å²) in [5.74, 6) is 0. The van der Waals surface area contributed by atoms with Gasteiger partial charge in [-0.05, 0) is 278 Å². The lowest BCUT2D eigenvalue weighted by Crippen LogP contribution is -2.38. The Balaban J connectivity index is 1.00. The van der Waals surface area contributed by atoms with E-state index in [-0.39, 0.29) is 10.8 Å². The molecule has 0 atom stereocenters. The molecule has 11 aromatic carbocycles. The SMILES string of the molecule is Cc1ccc(N2c3ccccc3C(c3ccc(N(c4ccc5c(c4)C(C)(C)c4ccccc4-5)c4c(C)c(C)c(C)c(C)c4C)cc3)(c3ccc(N(c4ccc5c(c4)C(C)(C)c4ccccc4-5)c4c(C)c(C)c(C)c(C)c4C)cc3)c3cc(C)ccc32)cc1. The first kappa shape index (κ1) is 56.6. The molecule has 436 valence electrons. The van der Waals surface area contributed by atoms with E-state index in [2.05, 4.69) is 326 Å². The molecule has 11 aromatic rings. The quantitative estimate of drug-likeness (QED) is 0.143. The van der Waals surface area contributed by atoms with Crippen LogP contribution < -0.4 is 14.7 Å². The highest BCUT2D eigenvalue weighted by atomic mass is 15.2. The zero-order valence-electron chi connectivity index (χ0n) is 54.4. The molecule has 0 aromatic heterocycles. The van der Waals surface area contributed by atoms with Crippen molar-refractivity contribution < 1.29 is 0 Å². The number of aryl methyl sites for hydroxylation is 2. The Labute approximate surface area is 523 Å². The van der Waals surface area contributed by atoms with Crippen LogP contribution in [0.5, 0.6) is 0 Å². The fourth-order valence-electron chi connectivity index (χ4n) is 16.0. The van der Waals surface area contributed by atoms with Crippen LogP contribution in [0.15, 0.2) is 200 Å². The molecule has 0 unspecified atom stereocenters. The number of rotatable bonds is 9. The molecule has 0 N–H and O–H groups in total. The number of para-hydroxylation sites is 1. The zero-order valence-corrected chi connectivity index (χ0v) is 54.4. The predicted octanol–water partition coefficient (Wildman–Crippen LogP) is 23.1. The van der Waals surface area contributed by atoms with Crippen molar-refractivity contribution in [3.63, 3.8) is 0 Å². The van der Waals surface area contributed by atoms with Gasteiger partial charge in [0.1, 0.15) is 0 Å². The van der Waals surface area contributed by atoms with Crippen molar-refractivity contribution >= 4 is 51.2 Å². The average molecular weight is 1140 g/mol. The first-order chi connectivity index (χ1) is 42.2. The Morgan fingerprint density at radius 1 is 0.273 bits per heavy atom. The van der Waals surface area contributed by atoms with Crippen LogP contribution in [0, 0.1) is 83.1 Å². The summed E-state index contributed by atoms with van der Waals surface area (Å²) in [6.45, 7) is 37.1. The minimum absolute atomic E-state index is 0.160. The smallest absolute Gasteiger partial charge is 0.0742 e.